The van der Waals surface area contributed by atoms with Crippen LogP contribution in [0.3, 0.4) is 0 Å². The molecule has 1 atom stereocenters. The van der Waals surface area contributed by atoms with Crippen LogP contribution in [-0.2, 0) is 24.2 Å². The first kappa shape index (κ1) is 25.3. The number of hydrogen-bond donors (Lipinski definition) is 1. The van der Waals surface area contributed by atoms with Crippen LogP contribution < -0.4 is 10.1 Å². The van der Waals surface area contributed by atoms with E-state index >= 15 is 0 Å². The maximum absolute atomic E-state index is 13.2. The van der Waals surface area contributed by atoms with Gasteiger partial charge in [-0.3, -0.25) is 9.78 Å². The molecule has 3 aromatic carbocycles. The van der Waals surface area contributed by atoms with E-state index in [2.05, 4.69) is 81.7 Å². The Kier molecular flexibility index (Phi) is 8.14. The fraction of sp³-hybridized carbons (Fsp3) is 0.212. The van der Waals surface area contributed by atoms with Gasteiger partial charge >= 0.3 is 0 Å². The number of rotatable bonds is 11. The van der Waals surface area contributed by atoms with Crippen LogP contribution in [0.25, 0.3) is 10.9 Å². The van der Waals surface area contributed by atoms with Gasteiger partial charge in [0.1, 0.15) is 5.75 Å². The van der Waals surface area contributed by atoms with E-state index in [-0.39, 0.29) is 11.8 Å². The summed E-state index contributed by atoms with van der Waals surface area (Å²) in [6.45, 7) is 1.33. The number of hydrogen-bond acceptors (Lipinski definition) is 3. The summed E-state index contributed by atoms with van der Waals surface area (Å²) >= 11 is 0. The third kappa shape index (κ3) is 6.30. The van der Waals surface area contributed by atoms with Gasteiger partial charge in [-0.25, -0.2) is 0 Å². The quantitative estimate of drug-likeness (QED) is 0.235. The summed E-state index contributed by atoms with van der Waals surface area (Å²) in [5.74, 6) is 0.965. The lowest BCUT2D eigenvalue weighted by atomic mass is 9.88. The molecule has 0 aliphatic carbocycles. The third-order valence-corrected chi connectivity index (χ3v) is 6.96. The lowest BCUT2D eigenvalue weighted by Gasteiger charge is -2.17. The van der Waals surface area contributed by atoms with E-state index in [1.54, 1.807) is 13.3 Å². The summed E-state index contributed by atoms with van der Waals surface area (Å²) in [4.78, 5) is 17.5. The highest BCUT2D eigenvalue weighted by atomic mass is 16.5. The van der Waals surface area contributed by atoms with Crippen LogP contribution in [0.15, 0.2) is 109 Å². The van der Waals surface area contributed by atoms with Crippen LogP contribution in [0.2, 0.25) is 0 Å². The Bertz CT molecular complexity index is 1460. The molecule has 2 aromatic heterocycles. The SMILES string of the molecule is COc1ccc(Cn2cc([C@@H](CC(=O)NCCc3ccccn3)Cc3ccccc3)c3ccccc32)cc1. The molecule has 38 heavy (non-hydrogen) atoms. The van der Waals surface area contributed by atoms with Crippen molar-refractivity contribution in [1.29, 1.82) is 0 Å². The average Bonchev–Trinajstić information content (AvgIpc) is 3.32. The van der Waals surface area contributed by atoms with Crippen molar-refractivity contribution in [2.24, 2.45) is 0 Å². The molecule has 5 heteroatoms. The number of amides is 1. The molecule has 0 saturated carbocycles. The van der Waals surface area contributed by atoms with E-state index in [9.17, 15) is 4.79 Å². The van der Waals surface area contributed by atoms with E-state index in [1.807, 2.05) is 36.4 Å². The third-order valence-electron chi connectivity index (χ3n) is 6.96. The largest absolute Gasteiger partial charge is 0.497 e. The van der Waals surface area contributed by atoms with Crippen molar-refractivity contribution in [3.63, 3.8) is 0 Å². The first-order valence-electron chi connectivity index (χ1n) is 13.1. The van der Waals surface area contributed by atoms with E-state index in [0.29, 0.717) is 13.0 Å². The van der Waals surface area contributed by atoms with E-state index in [1.165, 1.54) is 27.6 Å². The first-order valence-corrected chi connectivity index (χ1v) is 13.1. The molecule has 0 radical (unpaired) electrons. The molecule has 5 aromatic rings. The number of carbonyl (C=O) groups excluding carboxylic acids is 1. The molecule has 5 nitrogen and oxygen atoms in total. The summed E-state index contributed by atoms with van der Waals surface area (Å²) in [5, 5.41) is 4.32. The summed E-state index contributed by atoms with van der Waals surface area (Å²) in [7, 11) is 1.68. The fourth-order valence-corrected chi connectivity index (χ4v) is 5.02. The van der Waals surface area contributed by atoms with Crippen molar-refractivity contribution < 1.29 is 9.53 Å². The monoisotopic (exact) mass is 503 g/mol. The van der Waals surface area contributed by atoms with Crippen LogP contribution >= 0.6 is 0 Å². The van der Waals surface area contributed by atoms with Crippen molar-refractivity contribution in [3.05, 3.63) is 132 Å². The molecule has 1 amide bonds. The maximum Gasteiger partial charge on any atom is 0.220 e. The number of fused-ring (bicyclic) bond motifs is 1. The Balaban J connectivity index is 1.39. The minimum atomic E-state index is 0.0502. The summed E-state index contributed by atoms with van der Waals surface area (Å²) < 4.78 is 7.62. The van der Waals surface area contributed by atoms with Crippen molar-refractivity contribution >= 4 is 16.8 Å². The molecular weight excluding hydrogens is 470 g/mol. The van der Waals surface area contributed by atoms with Gasteiger partial charge in [-0.05, 0) is 59.4 Å². The molecule has 0 saturated heterocycles. The summed E-state index contributed by atoms with van der Waals surface area (Å²) in [5.41, 5.74) is 5.79. The number of pyridine rings is 1. The number of ether oxygens (including phenoxy) is 1. The lowest BCUT2D eigenvalue weighted by Crippen LogP contribution is -2.27. The zero-order valence-corrected chi connectivity index (χ0v) is 21.7. The van der Waals surface area contributed by atoms with Crippen LogP contribution in [-0.4, -0.2) is 29.1 Å². The number of benzene rings is 3. The normalized spacial score (nSPS) is 11.8. The van der Waals surface area contributed by atoms with Crippen LogP contribution in [0, 0.1) is 0 Å². The summed E-state index contributed by atoms with van der Waals surface area (Å²) in [6.07, 6.45) is 5.97. The second-order valence-corrected chi connectivity index (χ2v) is 9.59. The zero-order chi connectivity index (χ0) is 26.2. The minimum absolute atomic E-state index is 0.0502. The second kappa shape index (κ2) is 12.2. The molecule has 192 valence electrons. The van der Waals surface area contributed by atoms with E-state index < -0.39 is 0 Å². The highest BCUT2D eigenvalue weighted by Crippen LogP contribution is 2.33. The van der Waals surface area contributed by atoms with Gasteiger partial charge in [-0.2, -0.15) is 0 Å². The molecule has 0 unspecified atom stereocenters. The average molecular weight is 504 g/mol. The highest BCUT2D eigenvalue weighted by molar-refractivity contribution is 5.86. The van der Waals surface area contributed by atoms with Gasteiger partial charge in [0, 0.05) is 54.9 Å². The molecule has 0 aliphatic heterocycles. The number of aromatic nitrogens is 2. The Morgan fingerprint density at radius 2 is 1.66 bits per heavy atom. The lowest BCUT2D eigenvalue weighted by molar-refractivity contribution is -0.121. The van der Waals surface area contributed by atoms with Crippen molar-refractivity contribution in [3.8, 4) is 5.75 Å². The predicted molar refractivity (Wildman–Crippen MR) is 152 cm³/mol. The van der Waals surface area contributed by atoms with Gasteiger partial charge < -0.3 is 14.6 Å². The van der Waals surface area contributed by atoms with Gasteiger partial charge in [0.15, 0.2) is 0 Å². The Hall–Kier alpha value is -4.38. The Morgan fingerprint density at radius 1 is 0.895 bits per heavy atom. The van der Waals surface area contributed by atoms with Crippen molar-refractivity contribution in [2.45, 2.75) is 31.7 Å². The number of para-hydroxylation sites is 1. The predicted octanol–water partition coefficient (Wildman–Crippen LogP) is 6.17. The highest BCUT2D eigenvalue weighted by Gasteiger charge is 2.21. The molecule has 2 heterocycles. The van der Waals surface area contributed by atoms with Crippen LogP contribution in [0.5, 0.6) is 5.75 Å². The van der Waals surface area contributed by atoms with Crippen LogP contribution in [0.4, 0.5) is 0 Å². The van der Waals surface area contributed by atoms with Crippen molar-refractivity contribution in [1.82, 2.24) is 14.9 Å². The standard InChI is InChI=1S/C33H33N3O2/c1-38-29-16-14-26(15-17-29)23-36-24-31(30-12-5-6-13-32(30)36)27(21-25-9-3-2-4-10-25)22-33(37)35-20-18-28-11-7-8-19-34-28/h2-17,19,24,27H,18,20-23H2,1H3,(H,35,37)/t27-/m1/s1. The van der Waals surface area contributed by atoms with Gasteiger partial charge in [0.25, 0.3) is 0 Å². The Morgan fingerprint density at radius 3 is 2.42 bits per heavy atom. The van der Waals surface area contributed by atoms with Gasteiger partial charge in [-0.15, -0.1) is 0 Å². The maximum atomic E-state index is 13.2. The Labute approximate surface area is 224 Å². The molecular formula is C33H33N3O2. The van der Waals surface area contributed by atoms with Gasteiger partial charge in [0.05, 0.1) is 7.11 Å². The molecule has 0 aliphatic rings. The molecule has 0 fully saturated rings. The molecule has 5 rings (SSSR count). The summed E-state index contributed by atoms with van der Waals surface area (Å²) in [6, 6.07) is 33.0. The molecule has 0 spiro atoms. The van der Waals surface area contributed by atoms with Crippen molar-refractivity contribution in [2.75, 3.05) is 13.7 Å². The zero-order valence-electron chi connectivity index (χ0n) is 21.7. The number of nitrogens with zero attached hydrogens (tertiary/aromatic N) is 2. The van der Waals surface area contributed by atoms with E-state index in [4.69, 9.17) is 4.74 Å². The molecule has 0 bridgehead atoms. The fourth-order valence-electron chi connectivity index (χ4n) is 5.02. The number of nitrogens with one attached hydrogen (secondary N) is 1. The smallest absolute Gasteiger partial charge is 0.220 e. The number of methoxy groups -OCH3 is 1. The topological polar surface area (TPSA) is 56.1 Å². The molecule has 1 N–H and O–H groups in total. The minimum Gasteiger partial charge on any atom is -0.497 e. The first-order chi connectivity index (χ1) is 18.7. The number of carbonyl (C=O) groups is 1. The van der Waals surface area contributed by atoms with E-state index in [0.717, 1.165) is 30.8 Å². The van der Waals surface area contributed by atoms with Gasteiger partial charge in [0.2, 0.25) is 5.91 Å². The van der Waals surface area contributed by atoms with Crippen LogP contribution in [0.1, 0.15) is 34.7 Å². The van der Waals surface area contributed by atoms with Gasteiger partial charge in [-0.1, -0.05) is 66.7 Å². The second-order valence-electron chi connectivity index (χ2n) is 9.59.